The molecule has 2 aliphatic rings. The van der Waals surface area contributed by atoms with Crippen LogP contribution in [0.1, 0.15) is 22.3 Å². The Bertz CT molecular complexity index is 2850. The maximum absolute atomic E-state index is 6.76. The van der Waals surface area contributed by atoms with E-state index in [4.69, 9.17) is 14.7 Å². The average molecular weight is 715 g/mol. The van der Waals surface area contributed by atoms with Gasteiger partial charge in [-0.25, -0.2) is 9.97 Å². The Kier molecular flexibility index (Phi) is 7.39. The molecule has 0 bridgehead atoms. The molecular weight excluding hydrogens is 681 g/mol. The number of hydrogen-bond donors (Lipinski definition) is 0. The molecule has 1 spiro atoms. The molecule has 9 aromatic rings. The lowest BCUT2D eigenvalue weighted by molar-refractivity contribution is 0.436. The molecule has 0 fully saturated rings. The number of rotatable bonds is 5. The molecular formula is C53H34N2O. The van der Waals surface area contributed by atoms with Gasteiger partial charge in [0, 0.05) is 27.8 Å². The lowest BCUT2D eigenvalue weighted by atomic mass is 9.65. The Morgan fingerprint density at radius 1 is 0.304 bits per heavy atom. The van der Waals surface area contributed by atoms with Gasteiger partial charge in [0.2, 0.25) is 0 Å². The van der Waals surface area contributed by atoms with Crippen LogP contribution in [0.2, 0.25) is 0 Å². The fraction of sp³-hybridized carbons (Fsp3) is 0.0189. The van der Waals surface area contributed by atoms with Crippen LogP contribution in [0.25, 0.3) is 67.3 Å². The van der Waals surface area contributed by atoms with Crippen molar-refractivity contribution in [1.82, 2.24) is 9.97 Å². The summed E-state index contributed by atoms with van der Waals surface area (Å²) in [5.74, 6) is 2.45. The van der Waals surface area contributed by atoms with Gasteiger partial charge in [-0.2, -0.15) is 0 Å². The van der Waals surface area contributed by atoms with Crippen LogP contribution < -0.4 is 4.74 Å². The summed E-state index contributed by atoms with van der Waals surface area (Å²) in [5.41, 5.74) is 16.1. The average Bonchev–Trinajstić information content (AvgIpc) is 3.57. The summed E-state index contributed by atoms with van der Waals surface area (Å²) in [5, 5.41) is 0. The van der Waals surface area contributed by atoms with Crippen LogP contribution in [0.4, 0.5) is 0 Å². The third-order valence-corrected chi connectivity index (χ3v) is 11.4. The van der Waals surface area contributed by atoms with E-state index in [1.807, 2.05) is 12.1 Å². The van der Waals surface area contributed by atoms with E-state index >= 15 is 0 Å². The Hall–Kier alpha value is -7.36. The number of fused-ring (bicyclic) bond motifs is 9. The first-order valence-electron chi connectivity index (χ1n) is 19.1. The molecule has 0 radical (unpaired) electrons. The highest BCUT2D eigenvalue weighted by Crippen LogP contribution is 2.62. The van der Waals surface area contributed by atoms with E-state index in [0.717, 1.165) is 73.0 Å². The summed E-state index contributed by atoms with van der Waals surface area (Å²) in [4.78, 5) is 10.5. The summed E-state index contributed by atoms with van der Waals surface area (Å²) in [7, 11) is 0. The predicted molar refractivity (Wildman–Crippen MR) is 227 cm³/mol. The number of ether oxygens (including phenoxy) is 1. The van der Waals surface area contributed by atoms with Crippen LogP contribution in [0.5, 0.6) is 11.5 Å². The van der Waals surface area contributed by atoms with E-state index in [9.17, 15) is 0 Å². The van der Waals surface area contributed by atoms with E-state index in [1.165, 1.54) is 22.3 Å². The number of nitrogens with zero attached hydrogens (tertiary/aromatic N) is 2. The second kappa shape index (κ2) is 12.9. The standard InChI is InChI=1S/C53H34N2O/c1-3-17-35(18-4-1)48-34-49(36-19-5-2-6-20-36)55-52(54-48)43-26-10-9-23-40(43)39-22-8-7-21-38(39)37-31-32-51-47(33-37)53(46-29-15-16-30-50(46)56-51)44-27-13-11-24-41(44)42-25-12-14-28-45(42)53/h1-34H. The Morgan fingerprint density at radius 3 is 1.36 bits per heavy atom. The van der Waals surface area contributed by atoms with Crippen molar-refractivity contribution >= 4 is 0 Å². The van der Waals surface area contributed by atoms with E-state index in [1.54, 1.807) is 0 Å². The molecule has 0 unspecified atom stereocenters. The van der Waals surface area contributed by atoms with Crippen molar-refractivity contribution in [1.29, 1.82) is 0 Å². The lowest BCUT2D eigenvalue weighted by Crippen LogP contribution is -2.32. The van der Waals surface area contributed by atoms with Gasteiger partial charge >= 0.3 is 0 Å². The zero-order valence-electron chi connectivity index (χ0n) is 30.4. The molecule has 3 heteroatoms. The number of hydrogen-bond acceptors (Lipinski definition) is 3. The van der Waals surface area contributed by atoms with Crippen molar-refractivity contribution in [3.05, 3.63) is 229 Å². The molecule has 11 rings (SSSR count). The maximum atomic E-state index is 6.76. The third-order valence-electron chi connectivity index (χ3n) is 11.4. The van der Waals surface area contributed by atoms with Gasteiger partial charge in [0.15, 0.2) is 5.82 Å². The molecule has 8 aromatic carbocycles. The Labute approximate surface area is 326 Å². The van der Waals surface area contributed by atoms with E-state index in [-0.39, 0.29) is 0 Å². The minimum Gasteiger partial charge on any atom is -0.457 e. The zero-order chi connectivity index (χ0) is 37.1. The van der Waals surface area contributed by atoms with Crippen LogP contribution in [-0.2, 0) is 5.41 Å². The van der Waals surface area contributed by atoms with Crippen molar-refractivity contribution in [2.45, 2.75) is 5.41 Å². The van der Waals surface area contributed by atoms with Crippen LogP contribution in [0.3, 0.4) is 0 Å². The molecule has 0 saturated carbocycles. The van der Waals surface area contributed by atoms with Gasteiger partial charge in [-0.05, 0) is 68.8 Å². The van der Waals surface area contributed by atoms with Crippen LogP contribution in [-0.4, -0.2) is 9.97 Å². The van der Waals surface area contributed by atoms with Crippen LogP contribution >= 0.6 is 0 Å². The summed E-state index contributed by atoms with van der Waals surface area (Å²) in [6, 6.07) is 73.0. The van der Waals surface area contributed by atoms with Gasteiger partial charge in [0.1, 0.15) is 11.5 Å². The van der Waals surface area contributed by atoms with Gasteiger partial charge in [-0.3, -0.25) is 0 Å². The lowest BCUT2D eigenvalue weighted by Gasteiger charge is -2.39. The molecule has 1 aliphatic heterocycles. The second-order valence-corrected chi connectivity index (χ2v) is 14.4. The Morgan fingerprint density at radius 2 is 0.750 bits per heavy atom. The van der Waals surface area contributed by atoms with Crippen molar-refractivity contribution in [3.63, 3.8) is 0 Å². The van der Waals surface area contributed by atoms with Gasteiger partial charge < -0.3 is 4.74 Å². The van der Waals surface area contributed by atoms with Crippen LogP contribution in [0, 0.1) is 0 Å². The highest BCUT2D eigenvalue weighted by Gasteiger charge is 2.51. The largest absolute Gasteiger partial charge is 0.457 e. The first-order valence-corrected chi connectivity index (χ1v) is 19.1. The first-order chi connectivity index (χ1) is 27.8. The van der Waals surface area contributed by atoms with Gasteiger partial charge in [-0.15, -0.1) is 0 Å². The summed E-state index contributed by atoms with van der Waals surface area (Å²) in [6.07, 6.45) is 0. The normalized spacial score (nSPS) is 12.9. The molecule has 262 valence electrons. The molecule has 0 N–H and O–H groups in total. The van der Waals surface area contributed by atoms with Gasteiger partial charge in [0.25, 0.3) is 0 Å². The highest BCUT2D eigenvalue weighted by molar-refractivity contribution is 5.93. The molecule has 0 atom stereocenters. The molecule has 0 saturated heterocycles. The molecule has 1 aliphatic carbocycles. The fourth-order valence-corrected chi connectivity index (χ4v) is 8.99. The summed E-state index contributed by atoms with van der Waals surface area (Å²) < 4.78 is 6.76. The smallest absolute Gasteiger partial charge is 0.161 e. The second-order valence-electron chi connectivity index (χ2n) is 14.4. The van der Waals surface area contributed by atoms with Gasteiger partial charge in [-0.1, -0.05) is 182 Å². The van der Waals surface area contributed by atoms with E-state index in [0.29, 0.717) is 5.82 Å². The van der Waals surface area contributed by atoms with E-state index in [2.05, 4.69) is 194 Å². The van der Waals surface area contributed by atoms with Crippen molar-refractivity contribution < 1.29 is 4.74 Å². The minimum absolute atomic E-state index is 0.542. The molecule has 2 heterocycles. The maximum Gasteiger partial charge on any atom is 0.161 e. The molecule has 3 nitrogen and oxygen atoms in total. The quantitative estimate of drug-likeness (QED) is 0.178. The SMILES string of the molecule is c1ccc(-c2cc(-c3ccccc3)nc(-c3ccccc3-c3ccccc3-c3ccc4c(c3)C3(c5ccccc5O4)c4ccccc4-c4ccccc43)n2)cc1. The number of para-hydroxylation sites is 1. The van der Waals surface area contributed by atoms with Gasteiger partial charge in [0.05, 0.1) is 16.8 Å². The number of benzene rings is 8. The molecule has 0 amide bonds. The van der Waals surface area contributed by atoms with Crippen molar-refractivity contribution in [2.75, 3.05) is 0 Å². The Balaban J connectivity index is 1.11. The predicted octanol–water partition coefficient (Wildman–Crippen LogP) is 13.3. The van der Waals surface area contributed by atoms with Crippen molar-refractivity contribution in [2.24, 2.45) is 0 Å². The first kappa shape index (κ1) is 32.1. The topological polar surface area (TPSA) is 35.0 Å². The fourth-order valence-electron chi connectivity index (χ4n) is 8.99. The third kappa shape index (κ3) is 4.91. The van der Waals surface area contributed by atoms with E-state index < -0.39 is 5.41 Å². The molecule has 56 heavy (non-hydrogen) atoms. The number of aromatic nitrogens is 2. The summed E-state index contributed by atoms with van der Waals surface area (Å²) in [6.45, 7) is 0. The minimum atomic E-state index is -0.542. The highest BCUT2D eigenvalue weighted by atomic mass is 16.5. The van der Waals surface area contributed by atoms with Crippen molar-refractivity contribution in [3.8, 4) is 78.8 Å². The zero-order valence-corrected chi connectivity index (χ0v) is 30.4. The van der Waals surface area contributed by atoms with Crippen LogP contribution in [0.15, 0.2) is 206 Å². The molecule has 1 aromatic heterocycles. The monoisotopic (exact) mass is 714 g/mol. The summed E-state index contributed by atoms with van der Waals surface area (Å²) >= 11 is 0.